The third kappa shape index (κ3) is 2.94. The van der Waals surface area contributed by atoms with Crippen LogP contribution in [-0.4, -0.2) is 12.0 Å². The largest absolute Gasteiger partial charge is 0.399 e. The summed E-state index contributed by atoms with van der Waals surface area (Å²) >= 11 is 7.81. The summed E-state index contributed by atoms with van der Waals surface area (Å²) in [7, 11) is 2.01. The molecule has 0 amide bonds. The second-order valence-electron chi connectivity index (χ2n) is 4.18. The Balaban J connectivity index is 2.15. The van der Waals surface area contributed by atoms with Crippen LogP contribution in [0.15, 0.2) is 23.6 Å². The highest BCUT2D eigenvalue weighted by molar-refractivity contribution is 7.13. The van der Waals surface area contributed by atoms with Crippen LogP contribution >= 0.6 is 22.9 Å². The zero-order chi connectivity index (χ0) is 13.1. The molecule has 0 saturated carbocycles. The quantitative estimate of drug-likeness (QED) is 0.871. The van der Waals surface area contributed by atoms with Gasteiger partial charge >= 0.3 is 0 Å². The third-order valence-electron chi connectivity index (χ3n) is 2.71. The standard InChI is InChI=1S/C13H16ClN3S/c1-3-11-8-18-13(16-11)17(2)7-9-6-10(15)4-5-12(9)14/h4-6,8H,3,7,15H2,1-2H3. The molecule has 1 aromatic heterocycles. The lowest BCUT2D eigenvalue weighted by molar-refractivity contribution is 0.905. The van der Waals surface area contributed by atoms with Crippen molar-refractivity contribution in [1.82, 2.24) is 4.98 Å². The normalized spacial score (nSPS) is 10.6. The summed E-state index contributed by atoms with van der Waals surface area (Å²) in [6.07, 6.45) is 0.962. The van der Waals surface area contributed by atoms with Crippen molar-refractivity contribution in [2.24, 2.45) is 0 Å². The number of rotatable bonds is 4. The number of hydrogen-bond acceptors (Lipinski definition) is 4. The van der Waals surface area contributed by atoms with Crippen LogP contribution < -0.4 is 10.6 Å². The fourth-order valence-electron chi connectivity index (χ4n) is 1.67. The van der Waals surface area contributed by atoms with Crippen molar-refractivity contribution in [3.05, 3.63) is 39.9 Å². The Bertz CT molecular complexity index is 539. The maximum absolute atomic E-state index is 6.16. The van der Waals surface area contributed by atoms with Crippen molar-refractivity contribution in [3.8, 4) is 0 Å². The van der Waals surface area contributed by atoms with E-state index in [4.69, 9.17) is 17.3 Å². The average Bonchev–Trinajstić information content (AvgIpc) is 2.82. The zero-order valence-electron chi connectivity index (χ0n) is 10.5. The van der Waals surface area contributed by atoms with Gasteiger partial charge in [-0.05, 0) is 30.2 Å². The van der Waals surface area contributed by atoms with Gasteiger partial charge < -0.3 is 10.6 Å². The first-order valence-corrected chi connectivity index (χ1v) is 7.05. The molecule has 5 heteroatoms. The molecular formula is C13H16ClN3S. The third-order valence-corrected chi connectivity index (χ3v) is 4.08. The Morgan fingerprint density at radius 1 is 1.44 bits per heavy atom. The predicted octanol–water partition coefficient (Wildman–Crippen LogP) is 3.58. The van der Waals surface area contributed by atoms with Gasteiger partial charge in [0.25, 0.3) is 0 Å². The van der Waals surface area contributed by atoms with Crippen LogP contribution in [0, 0.1) is 0 Å². The van der Waals surface area contributed by atoms with E-state index in [1.165, 1.54) is 0 Å². The van der Waals surface area contributed by atoms with Crippen LogP contribution in [0.2, 0.25) is 5.02 Å². The van der Waals surface area contributed by atoms with Gasteiger partial charge in [-0.1, -0.05) is 18.5 Å². The van der Waals surface area contributed by atoms with E-state index < -0.39 is 0 Å². The number of hydrogen-bond donors (Lipinski definition) is 1. The van der Waals surface area contributed by atoms with Crippen molar-refractivity contribution >= 4 is 33.8 Å². The van der Waals surface area contributed by atoms with Gasteiger partial charge in [-0.15, -0.1) is 11.3 Å². The molecule has 0 saturated heterocycles. The Hall–Kier alpha value is -1.26. The molecule has 0 aliphatic carbocycles. The second kappa shape index (κ2) is 5.59. The summed E-state index contributed by atoms with van der Waals surface area (Å²) < 4.78 is 0. The van der Waals surface area contributed by atoms with Crippen LogP contribution in [-0.2, 0) is 13.0 Å². The summed E-state index contributed by atoms with van der Waals surface area (Å²) in [5, 5.41) is 3.83. The smallest absolute Gasteiger partial charge is 0.185 e. The summed E-state index contributed by atoms with van der Waals surface area (Å²) in [4.78, 5) is 6.63. The molecule has 0 bridgehead atoms. The fourth-order valence-corrected chi connectivity index (χ4v) is 2.73. The Labute approximate surface area is 116 Å². The monoisotopic (exact) mass is 281 g/mol. The minimum Gasteiger partial charge on any atom is -0.399 e. The topological polar surface area (TPSA) is 42.1 Å². The van der Waals surface area contributed by atoms with Crippen molar-refractivity contribution in [3.63, 3.8) is 0 Å². The molecule has 3 nitrogen and oxygen atoms in total. The van der Waals surface area contributed by atoms with E-state index in [2.05, 4.69) is 22.2 Å². The van der Waals surface area contributed by atoms with Gasteiger partial charge in [-0.3, -0.25) is 0 Å². The van der Waals surface area contributed by atoms with Gasteiger partial charge in [0, 0.05) is 29.7 Å². The molecule has 18 heavy (non-hydrogen) atoms. The first-order chi connectivity index (χ1) is 8.60. The lowest BCUT2D eigenvalue weighted by Crippen LogP contribution is -2.16. The van der Waals surface area contributed by atoms with Crippen LogP contribution in [0.3, 0.4) is 0 Å². The van der Waals surface area contributed by atoms with Crippen LogP contribution in [0.5, 0.6) is 0 Å². The minimum absolute atomic E-state index is 0.709. The molecule has 0 fully saturated rings. The van der Waals surface area contributed by atoms with Crippen molar-refractivity contribution in [2.75, 3.05) is 17.7 Å². The number of aromatic nitrogens is 1. The number of nitrogen functional groups attached to an aromatic ring is 1. The highest BCUT2D eigenvalue weighted by Crippen LogP contribution is 2.25. The molecule has 0 aliphatic heterocycles. The van der Waals surface area contributed by atoms with E-state index in [1.54, 1.807) is 11.3 Å². The van der Waals surface area contributed by atoms with Crippen molar-refractivity contribution in [1.29, 1.82) is 0 Å². The maximum atomic E-state index is 6.16. The summed E-state index contributed by atoms with van der Waals surface area (Å²) in [5.74, 6) is 0. The van der Waals surface area contributed by atoms with Crippen LogP contribution in [0.25, 0.3) is 0 Å². The van der Waals surface area contributed by atoms with E-state index in [1.807, 2.05) is 25.2 Å². The maximum Gasteiger partial charge on any atom is 0.185 e. The Kier molecular flexibility index (Phi) is 4.09. The summed E-state index contributed by atoms with van der Waals surface area (Å²) in [5.41, 5.74) is 8.66. The Morgan fingerprint density at radius 2 is 2.22 bits per heavy atom. The van der Waals surface area contributed by atoms with Crippen LogP contribution in [0.4, 0.5) is 10.8 Å². The van der Waals surface area contributed by atoms with E-state index in [9.17, 15) is 0 Å². The van der Waals surface area contributed by atoms with E-state index in [-0.39, 0.29) is 0 Å². The van der Waals surface area contributed by atoms with Crippen LogP contribution in [0.1, 0.15) is 18.2 Å². The van der Waals surface area contributed by atoms with E-state index >= 15 is 0 Å². The van der Waals surface area contributed by atoms with Gasteiger partial charge in [-0.25, -0.2) is 4.98 Å². The number of benzene rings is 1. The number of nitrogens with zero attached hydrogens (tertiary/aromatic N) is 2. The average molecular weight is 282 g/mol. The van der Waals surface area contributed by atoms with Gasteiger partial charge in [0.2, 0.25) is 0 Å². The first kappa shape index (κ1) is 13.2. The van der Waals surface area contributed by atoms with Gasteiger partial charge in [0.1, 0.15) is 0 Å². The van der Waals surface area contributed by atoms with E-state index in [0.29, 0.717) is 6.54 Å². The minimum atomic E-state index is 0.709. The first-order valence-electron chi connectivity index (χ1n) is 5.79. The number of nitrogens with two attached hydrogens (primary N) is 1. The number of aryl methyl sites for hydroxylation is 1. The lowest BCUT2D eigenvalue weighted by Gasteiger charge is -2.17. The molecule has 1 aromatic carbocycles. The highest BCUT2D eigenvalue weighted by atomic mass is 35.5. The molecule has 2 N–H and O–H groups in total. The van der Waals surface area contributed by atoms with Crippen molar-refractivity contribution < 1.29 is 0 Å². The molecule has 2 rings (SSSR count). The van der Waals surface area contributed by atoms with Gasteiger partial charge in [-0.2, -0.15) is 0 Å². The van der Waals surface area contributed by atoms with E-state index in [0.717, 1.165) is 33.5 Å². The number of halogens is 1. The number of anilines is 2. The molecule has 0 aliphatic rings. The lowest BCUT2D eigenvalue weighted by atomic mass is 10.2. The molecule has 0 radical (unpaired) electrons. The zero-order valence-corrected chi connectivity index (χ0v) is 12.1. The van der Waals surface area contributed by atoms with Crippen molar-refractivity contribution in [2.45, 2.75) is 19.9 Å². The SMILES string of the molecule is CCc1csc(N(C)Cc2cc(N)ccc2Cl)n1. The Morgan fingerprint density at radius 3 is 2.89 bits per heavy atom. The molecule has 0 atom stereocenters. The molecule has 0 unspecified atom stereocenters. The highest BCUT2D eigenvalue weighted by Gasteiger charge is 2.09. The molecule has 2 aromatic rings. The number of thiazole rings is 1. The van der Waals surface area contributed by atoms with Gasteiger partial charge in [0.15, 0.2) is 5.13 Å². The fraction of sp³-hybridized carbons (Fsp3) is 0.308. The summed E-state index contributed by atoms with van der Waals surface area (Å²) in [6, 6.07) is 5.55. The molecule has 96 valence electrons. The molecule has 0 spiro atoms. The summed E-state index contributed by atoms with van der Waals surface area (Å²) in [6.45, 7) is 2.81. The predicted molar refractivity (Wildman–Crippen MR) is 79.5 cm³/mol. The van der Waals surface area contributed by atoms with Gasteiger partial charge in [0.05, 0.1) is 5.69 Å². The second-order valence-corrected chi connectivity index (χ2v) is 5.43. The molecular weight excluding hydrogens is 266 g/mol. The molecule has 1 heterocycles.